The smallest absolute Gasteiger partial charge is 0.258 e. The molecule has 86 valence electrons. The van der Waals surface area contributed by atoms with Gasteiger partial charge in [-0.1, -0.05) is 12.1 Å². The lowest BCUT2D eigenvalue weighted by molar-refractivity contribution is -0.384. The molecule has 2 aromatic rings. The fourth-order valence-electron chi connectivity index (χ4n) is 1.34. The van der Waals surface area contributed by atoms with Crippen LogP contribution in [-0.2, 0) is 0 Å². The molecular weight excluding hydrogens is 249 g/mol. The van der Waals surface area contributed by atoms with Gasteiger partial charge >= 0.3 is 5.69 Å². The zero-order valence-electron chi connectivity index (χ0n) is 8.30. The highest BCUT2D eigenvalue weighted by molar-refractivity contribution is 6.28. The molecule has 1 heterocycles. The molecule has 0 atom stereocenters. The highest BCUT2D eigenvalue weighted by Crippen LogP contribution is 2.28. The minimum Gasteiger partial charge on any atom is -0.258 e. The van der Waals surface area contributed by atoms with Gasteiger partial charge in [0, 0.05) is 5.56 Å². The molecule has 5 nitrogen and oxygen atoms in total. The number of aromatic nitrogens is 2. The molecular formula is C10H5ClFN3O2. The van der Waals surface area contributed by atoms with Crippen molar-refractivity contribution in [2.75, 3.05) is 0 Å². The van der Waals surface area contributed by atoms with Crippen molar-refractivity contribution in [2.45, 2.75) is 0 Å². The largest absolute Gasteiger partial charge is 0.313 e. The Morgan fingerprint density at radius 2 is 2.18 bits per heavy atom. The van der Waals surface area contributed by atoms with E-state index in [0.717, 1.165) is 12.3 Å². The predicted octanol–water partition coefficient (Wildman–Crippen LogP) is 2.84. The Labute approximate surface area is 100 Å². The number of nitrogens with zero attached hydrogens (tertiary/aromatic N) is 3. The average molecular weight is 254 g/mol. The normalized spacial score (nSPS) is 10.2. The predicted molar refractivity (Wildman–Crippen MR) is 59.1 cm³/mol. The van der Waals surface area contributed by atoms with Crippen LogP contribution >= 0.6 is 11.6 Å². The maximum Gasteiger partial charge on any atom is 0.313 e. The van der Waals surface area contributed by atoms with E-state index in [1.807, 2.05) is 0 Å². The van der Waals surface area contributed by atoms with Gasteiger partial charge in [-0.15, -0.1) is 0 Å². The first-order valence-corrected chi connectivity index (χ1v) is 4.88. The lowest BCUT2D eigenvalue weighted by atomic mass is 10.1. The molecule has 7 heteroatoms. The van der Waals surface area contributed by atoms with E-state index in [2.05, 4.69) is 9.97 Å². The van der Waals surface area contributed by atoms with Crippen molar-refractivity contribution in [1.29, 1.82) is 0 Å². The first-order valence-electron chi connectivity index (χ1n) is 4.51. The van der Waals surface area contributed by atoms with Crippen molar-refractivity contribution in [1.82, 2.24) is 9.97 Å². The van der Waals surface area contributed by atoms with E-state index in [0.29, 0.717) is 0 Å². The molecule has 0 saturated carbocycles. The second-order valence-corrected chi connectivity index (χ2v) is 3.48. The van der Waals surface area contributed by atoms with Gasteiger partial charge < -0.3 is 0 Å². The Hall–Kier alpha value is -2.08. The Bertz CT molecular complexity index is 592. The molecule has 0 aliphatic rings. The van der Waals surface area contributed by atoms with Crippen LogP contribution in [0, 0.1) is 15.9 Å². The van der Waals surface area contributed by atoms with Crippen LogP contribution in [-0.4, -0.2) is 14.9 Å². The molecule has 1 aromatic heterocycles. The summed E-state index contributed by atoms with van der Waals surface area (Å²) in [4.78, 5) is 17.4. The van der Waals surface area contributed by atoms with Crippen LogP contribution in [0.3, 0.4) is 0 Å². The van der Waals surface area contributed by atoms with Crippen LogP contribution in [0.2, 0.25) is 5.28 Å². The minimum atomic E-state index is -0.642. The molecule has 0 saturated heterocycles. The van der Waals surface area contributed by atoms with E-state index in [1.165, 1.54) is 18.2 Å². The third kappa shape index (κ3) is 2.36. The molecule has 0 unspecified atom stereocenters. The number of rotatable bonds is 2. The van der Waals surface area contributed by atoms with Crippen molar-refractivity contribution in [3.8, 4) is 11.3 Å². The van der Waals surface area contributed by atoms with Crippen LogP contribution in [0.1, 0.15) is 0 Å². The number of benzene rings is 1. The minimum absolute atomic E-state index is 0.00509. The van der Waals surface area contributed by atoms with Gasteiger partial charge in [0.05, 0.1) is 4.92 Å². The Morgan fingerprint density at radius 1 is 1.41 bits per heavy atom. The quantitative estimate of drug-likeness (QED) is 0.469. The first kappa shape index (κ1) is 11.4. The van der Waals surface area contributed by atoms with Gasteiger partial charge in [0.2, 0.25) is 5.28 Å². The monoisotopic (exact) mass is 253 g/mol. The van der Waals surface area contributed by atoms with Gasteiger partial charge in [0.25, 0.3) is 0 Å². The molecule has 0 fully saturated rings. The summed E-state index contributed by atoms with van der Waals surface area (Å²) in [6, 6.07) is 5.32. The van der Waals surface area contributed by atoms with Crippen LogP contribution in [0.5, 0.6) is 0 Å². The molecule has 0 radical (unpaired) electrons. The highest BCUT2D eigenvalue weighted by Gasteiger charge is 2.18. The summed E-state index contributed by atoms with van der Waals surface area (Å²) in [7, 11) is 0. The van der Waals surface area contributed by atoms with Gasteiger partial charge in [0.15, 0.2) is 5.69 Å². The zero-order chi connectivity index (χ0) is 12.4. The SMILES string of the molecule is O=[N+]([O-])c1cnc(Cl)nc1-c1cccc(F)c1. The third-order valence-electron chi connectivity index (χ3n) is 2.03. The summed E-state index contributed by atoms with van der Waals surface area (Å²) >= 11 is 5.57. The topological polar surface area (TPSA) is 68.9 Å². The lowest BCUT2D eigenvalue weighted by Gasteiger charge is -2.02. The summed E-state index contributed by atoms with van der Waals surface area (Å²) in [5.74, 6) is -0.508. The molecule has 0 spiro atoms. The molecule has 2 rings (SSSR count). The van der Waals surface area contributed by atoms with Crippen molar-refractivity contribution in [2.24, 2.45) is 0 Å². The van der Waals surface area contributed by atoms with E-state index >= 15 is 0 Å². The highest BCUT2D eigenvalue weighted by atomic mass is 35.5. The fourth-order valence-corrected chi connectivity index (χ4v) is 1.47. The lowest BCUT2D eigenvalue weighted by Crippen LogP contribution is -1.97. The number of nitro groups is 1. The van der Waals surface area contributed by atoms with Gasteiger partial charge in [-0.2, -0.15) is 0 Å². The van der Waals surface area contributed by atoms with E-state index in [1.54, 1.807) is 0 Å². The molecule has 0 N–H and O–H groups in total. The number of halogens is 2. The first-order chi connectivity index (χ1) is 8.08. The molecule has 0 bridgehead atoms. The van der Waals surface area contributed by atoms with E-state index in [-0.39, 0.29) is 22.2 Å². The summed E-state index contributed by atoms with van der Waals surface area (Å²) in [6.07, 6.45) is 0.996. The standard InChI is InChI=1S/C10H5ClFN3O2/c11-10-13-5-8(15(16)17)9(14-10)6-2-1-3-7(12)4-6/h1-5H. The maximum atomic E-state index is 13.0. The Kier molecular flexibility index (Phi) is 2.97. The zero-order valence-corrected chi connectivity index (χ0v) is 9.06. The van der Waals surface area contributed by atoms with Crippen molar-refractivity contribution >= 4 is 17.3 Å². The van der Waals surface area contributed by atoms with E-state index < -0.39 is 10.7 Å². The van der Waals surface area contributed by atoms with Crippen LogP contribution < -0.4 is 0 Å². The molecule has 17 heavy (non-hydrogen) atoms. The van der Waals surface area contributed by atoms with Crippen molar-refractivity contribution in [3.05, 3.63) is 51.7 Å². The van der Waals surface area contributed by atoms with E-state index in [9.17, 15) is 14.5 Å². The molecule has 0 amide bonds. The second kappa shape index (κ2) is 4.42. The van der Waals surface area contributed by atoms with Crippen molar-refractivity contribution < 1.29 is 9.31 Å². The van der Waals surface area contributed by atoms with Gasteiger partial charge in [-0.3, -0.25) is 10.1 Å². The number of hydrogen-bond acceptors (Lipinski definition) is 4. The Balaban J connectivity index is 2.65. The van der Waals surface area contributed by atoms with E-state index in [4.69, 9.17) is 11.6 Å². The summed E-state index contributed by atoms with van der Waals surface area (Å²) in [6.45, 7) is 0. The molecule has 0 aliphatic carbocycles. The maximum absolute atomic E-state index is 13.0. The molecule has 0 aliphatic heterocycles. The molecule has 1 aromatic carbocycles. The summed E-state index contributed by atoms with van der Waals surface area (Å²) in [5.41, 5.74) is -0.0458. The number of hydrogen-bond donors (Lipinski definition) is 0. The van der Waals surface area contributed by atoms with Crippen molar-refractivity contribution in [3.63, 3.8) is 0 Å². The van der Waals surface area contributed by atoms with Gasteiger partial charge in [-0.05, 0) is 23.7 Å². The van der Waals surface area contributed by atoms with Crippen LogP contribution in [0.4, 0.5) is 10.1 Å². The van der Waals surface area contributed by atoms with Crippen LogP contribution in [0.25, 0.3) is 11.3 Å². The third-order valence-corrected chi connectivity index (χ3v) is 2.22. The van der Waals surface area contributed by atoms with Gasteiger partial charge in [-0.25, -0.2) is 14.4 Å². The van der Waals surface area contributed by atoms with Crippen LogP contribution in [0.15, 0.2) is 30.5 Å². The fraction of sp³-hybridized carbons (Fsp3) is 0. The summed E-state index contributed by atoms with van der Waals surface area (Å²) < 4.78 is 13.0. The Morgan fingerprint density at radius 3 is 2.82 bits per heavy atom. The second-order valence-electron chi connectivity index (χ2n) is 3.14. The van der Waals surface area contributed by atoms with Gasteiger partial charge in [0.1, 0.15) is 12.0 Å². The summed E-state index contributed by atoms with van der Waals surface area (Å²) in [5, 5.41) is 10.7. The average Bonchev–Trinajstić information content (AvgIpc) is 2.28.